The van der Waals surface area contributed by atoms with Crippen molar-refractivity contribution in [2.24, 2.45) is 10.9 Å². The number of hydrogen-bond acceptors (Lipinski definition) is 2. The molecule has 0 bridgehead atoms. The molecule has 3 aromatic rings. The second kappa shape index (κ2) is 8.12. The zero-order valence-corrected chi connectivity index (χ0v) is 18.1. The third-order valence-electron chi connectivity index (χ3n) is 6.23. The van der Waals surface area contributed by atoms with Crippen molar-refractivity contribution in [1.29, 1.82) is 0 Å². The Hall–Kier alpha value is -2.84. The van der Waals surface area contributed by atoms with Gasteiger partial charge in [0.15, 0.2) is 0 Å². The van der Waals surface area contributed by atoms with E-state index in [1.165, 1.54) is 32.2 Å². The first-order valence-corrected chi connectivity index (χ1v) is 11.4. The third-order valence-corrected chi connectivity index (χ3v) is 7.34. The molecular weight excluding hydrogens is 382 g/mol. The maximum atomic E-state index is 5.14. The molecule has 30 heavy (non-hydrogen) atoms. The van der Waals surface area contributed by atoms with Gasteiger partial charge in [-0.2, -0.15) is 0 Å². The summed E-state index contributed by atoms with van der Waals surface area (Å²) in [5.74, 6) is 0.968. The standard InChI is InChI=1S/C28H25NS/c1-19(21-11-5-3-6-12-21)23-17-24(20(2)22-13-7-4-8-14-22)28-27(18-23)30-26-16-10-9-15-25(26)29-28/h3-20,24H,1-2H3. The van der Waals surface area contributed by atoms with Gasteiger partial charge in [0.25, 0.3) is 0 Å². The third kappa shape index (κ3) is 3.57. The molecule has 0 N–H and O–H groups in total. The molecule has 0 aromatic heterocycles. The quantitative estimate of drug-likeness (QED) is 0.428. The number of hydrogen-bond donors (Lipinski definition) is 0. The van der Waals surface area contributed by atoms with Crippen LogP contribution in [0.25, 0.3) is 0 Å². The second-order valence-corrected chi connectivity index (χ2v) is 9.18. The van der Waals surface area contributed by atoms with Crippen molar-refractivity contribution >= 4 is 23.2 Å². The number of fused-ring (bicyclic) bond motifs is 2. The topological polar surface area (TPSA) is 12.4 Å². The molecule has 3 unspecified atom stereocenters. The van der Waals surface area contributed by atoms with Gasteiger partial charge >= 0.3 is 0 Å². The first kappa shape index (κ1) is 19.1. The molecule has 1 nitrogen and oxygen atoms in total. The van der Waals surface area contributed by atoms with E-state index in [2.05, 4.69) is 111 Å². The van der Waals surface area contributed by atoms with Crippen LogP contribution in [0.4, 0.5) is 5.69 Å². The van der Waals surface area contributed by atoms with Crippen LogP contribution < -0.4 is 0 Å². The summed E-state index contributed by atoms with van der Waals surface area (Å²) in [7, 11) is 0. The van der Waals surface area contributed by atoms with Crippen molar-refractivity contribution in [3.8, 4) is 0 Å². The van der Waals surface area contributed by atoms with E-state index in [1.54, 1.807) is 0 Å². The minimum atomic E-state index is 0.259. The maximum Gasteiger partial charge on any atom is 0.0773 e. The van der Waals surface area contributed by atoms with E-state index < -0.39 is 0 Å². The predicted molar refractivity (Wildman–Crippen MR) is 129 cm³/mol. The molecular formula is C28H25NS. The summed E-state index contributed by atoms with van der Waals surface area (Å²) in [6, 6.07) is 30.1. The van der Waals surface area contributed by atoms with Crippen LogP contribution in [0, 0.1) is 5.92 Å². The predicted octanol–water partition coefficient (Wildman–Crippen LogP) is 7.91. The maximum absolute atomic E-state index is 5.14. The van der Waals surface area contributed by atoms with Crippen LogP contribution in [0.1, 0.15) is 36.8 Å². The molecule has 2 heteroatoms. The van der Waals surface area contributed by atoms with Crippen LogP contribution in [0.2, 0.25) is 0 Å². The van der Waals surface area contributed by atoms with Gasteiger partial charge in [-0.25, -0.2) is 0 Å². The number of benzene rings is 3. The molecule has 0 radical (unpaired) electrons. The fourth-order valence-electron chi connectivity index (χ4n) is 4.37. The molecule has 1 aliphatic carbocycles. The number of rotatable bonds is 4. The van der Waals surface area contributed by atoms with Gasteiger partial charge in [0.2, 0.25) is 0 Å². The van der Waals surface area contributed by atoms with Crippen molar-refractivity contribution in [1.82, 2.24) is 0 Å². The Morgan fingerprint density at radius 3 is 2.13 bits per heavy atom. The summed E-state index contributed by atoms with van der Waals surface area (Å²) in [6.45, 7) is 4.64. The number of aliphatic imine (C=N–C) groups is 1. The van der Waals surface area contributed by atoms with Crippen molar-refractivity contribution in [3.05, 3.63) is 119 Å². The van der Waals surface area contributed by atoms with Gasteiger partial charge in [-0.1, -0.05) is 104 Å². The zero-order chi connectivity index (χ0) is 20.5. The molecule has 148 valence electrons. The Morgan fingerprint density at radius 2 is 1.40 bits per heavy atom. The summed E-state index contributed by atoms with van der Waals surface area (Å²) in [5, 5.41) is 0. The molecule has 0 saturated carbocycles. The first-order valence-electron chi connectivity index (χ1n) is 10.6. The highest BCUT2D eigenvalue weighted by Gasteiger charge is 2.32. The first-order chi connectivity index (χ1) is 14.7. The summed E-state index contributed by atoms with van der Waals surface area (Å²) in [6.07, 6.45) is 4.83. The van der Waals surface area contributed by atoms with Gasteiger partial charge < -0.3 is 0 Å². The molecule has 3 atom stereocenters. The lowest BCUT2D eigenvalue weighted by Crippen LogP contribution is -2.25. The highest BCUT2D eigenvalue weighted by atomic mass is 32.2. The average molecular weight is 408 g/mol. The molecule has 0 spiro atoms. The summed E-state index contributed by atoms with van der Waals surface area (Å²) >= 11 is 1.86. The van der Waals surface area contributed by atoms with Gasteiger partial charge in [-0.3, -0.25) is 4.99 Å². The Bertz CT molecular complexity index is 1140. The lowest BCUT2D eigenvalue weighted by Gasteiger charge is -2.32. The van der Waals surface area contributed by atoms with E-state index >= 15 is 0 Å². The smallest absolute Gasteiger partial charge is 0.0773 e. The molecule has 0 fully saturated rings. The van der Waals surface area contributed by atoms with E-state index in [0.717, 1.165) is 5.69 Å². The van der Waals surface area contributed by atoms with Gasteiger partial charge in [-0.05, 0) is 40.8 Å². The lowest BCUT2D eigenvalue weighted by molar-refractivity contribution is 0.668. The number of para-hydroxylation sites is 1. The van der Waals surface area contributed by atoms with Crippen LogP contribution in [0.5, 0.6) is 0 Å². The Balaban J connectivity index is 1.61. The zero-order valence-electron chi connectivity index (χ0n) is 17.3. The van der Waals surface area contributed by atoms with E-state index in [1.807, 2.05) is 11.8 Å². The largest absolute Gasteiger partial charge is 0.250 e. The molecule has 0 saturated heterocycles. The van der Waals surface area contributed by atoms with E-state index in [9.17, 15) is 0 Å². The summed E-state index contributed by atoms with van der Waals surface area (Å²) < 4.78 is 0. The van der Waals surface area contributed by atoms with Gasteiger partial charge in [0.1, 0.15) is 0 Å². The van der Waals surface area contributed by atoms with Gasteiger partial charge in [0.05, 0.1) is 11.4 Å². The second-order valence-electron chi connectivity index (χ2n) is 8.10. The number of nitrogens with zero attached hydrogens (tertiary/aromatic N) is 1. The fourth-order valence-corrected chi connectivity index (χ4v) is 5.45. The summed E-state index contributed by atoms with van der Waals surface area (Å²) in [5.41, 5.74) is 6.40. The Morgan fingerprint density at radius 1 is 0.767 bits per heavy atom. The van der Waals surface area contributed by atoms with Gasteiger partial charge in [-0.15, -0.1) is 0 Å². The van der Waals surface area contributed by atoms with E-state index in [-0.39, 0.29) is 5.92 Å². The molecule has 1 aliphatic heterocycles. The molecule has 2 aliphatic rings. The van der Waals surface area contributed by atoms with Crippen molar-refractivity contribution in [2.75, 3.05) is 0 Å². The van der Waals surface area contributed by atoms with Crippen molar-refractivity contribution in [2.45, 2.75) is 30.6 Å². The van der Waals surface area contributed by atoms with Crippen LogP contribution in [0.15, 0.2) is 117 Å². The van der Waals surface area contributed by atoms with Crippen LogP contribution >= 0.6 is 11.8 Å². The fraction of sp³-hybridized carbons (Fsp3) is 0.179. The normalized spacial score (nSPS) is 19.5. The van der Waals surface area contributed by atoms with Crippen LogP contribution in [-0.2, 0) is 0 Å². The number of thioether (sulfide) groups is 1. The lowest BCUT2D eigenvalue weighted by atomic mass is 9.77. The highest BCUT2D eigenvalue weighted by molar-refractivity contribution is 8.04. The summed E-state index contributed by atoms with van der Waals surface area (Å²) in [4.78, 5) is 7.68. The Kier molecular flexibility index (Phi) is 5.18. The molecule has 1 heterocycles. The van der Waals surface area contributed by atoms with Gasteiger partial charge in [0, 0.05) is 21.6 Å². The Labute approximate surface area is 183 Å². The minimum absolute atomic E-state index is 0.259. The highest BCUT2D eigenvalue weighted by Crippen LogP contribution is 2.47. The van der Waals surface area contributed by atoms with E-state index in [4.69, 9.17) is 4.99 Å². The molecule has 3 aromatic carbocycles. The SMILES string of the molecule is CC(C1=CC(C(C)c2ccccc2)C2=Nc3ccccc3SC2=C1)c1ccccc1. The molecule has 5 rings (SSSR count). The minimum Gasteiger partial charge on any atom is -0.250 e. The van der Waals surface area contributed by atoms with Crippen LogP contribution in [-0.4, -0.2) is 5.71 Å². The average Bonchev–Trinajstić information content (AvgIpc) is 2.82. The molecule has 0 amide bonds. The van der Waals surface area contributed by atoms with Crippen LogP contribution in [0.3, 0.4) is 0 Å². The van der Waals surface area contributed by atoms with E-state index in [0.29, 0.717) is 11.8 Å². The monoisotopic (exact) mass is 407 g/mol. The van der Waals surface area contributed by atoms with Crippen molar-refractivity contribution in [3.63, 3.8) is 0 Å². The van der Waals surface area contributed by atoms with Crippen molar-refractivity contribution < 1.29 is 0 Å². The number of allylic oxidation sites excluding steroid dienone is 4.